The number of rotatable bonds is 4. The highest BCUT2D eigenvalue weighted by Crippen LogP contribution is 2.20. The smallest absolute Gasteiger partial charge is 0.222 e. The number of allylic oxidation sites excluding steroid dienone is 3. The molecule has 1 aliphatic rings. The fourth-order valence-electron chi connectivity index (χ4n) is 1.67. The Morgan fingerprint density at radius 1 is 1.40 bits per heavy atom. The van der Waals surface area contributed by atoms with Gasteiger partial charge in [-0.2, -0.15) is 0 Å². The van der Waals surface area contributed by atoms with E-state index < -0.39 is 0 Å². The normalized spacial score (nSPS) is 16.0. The summed E-state index contributed by atoms with van der Waals surface area (Å²) in [5.74, 6) is 0.231. The summed E-state index contributed by atoms with van der Waals surface area (Å²) >= 11 is 0. The maximum Gasteiger partial charge on any atom is 0.222 e. The van der Waals surface area contributed by atoms with Gasteiger partial charge in [0.05, 0.1) is 0 Å². The summed E-state index contributed by atoms with van der Waals surface area (Å²) in [5.41, 5.74) is 2.77. The molecule has 0 aromatic rings. The van der Waals surface area contributed by atoms with Gasteiger partial charge in [0.1, 0.15) is 0 Å². The average molecular weight is 207 g/mol. The number of amides is 1. The summed E-state index contributed by atoms with van der Waals surface area (Å²) in [7, 11) is 0. The van der Waals surface area contributed by atoms with Gasteiger partial charge in [0.15, 0.2) is 0 Å². The van der Waals surface area contributed by atoms with Gasteiger partial charge in [0.25, 0.3) is 0 Å². The van der Waals surface area contributed by atoms with Crippen LogP contribution in [0.5, 0.6) is 0 Å². The molecular weight excluding hydrogens is 186 g/mol. The van der Waals surface area contributed by atoms with Crippen LogP contribution >= 0.6 is 0 Å². The molecule has 0 saturated heterocycles. The zero-order valence-electron chi connectivity index (χ0n) is 9.97. The van der Waals surface area contributed by atoms with E-state index >= 15 is 0 Å². The Morgan fingerprint density at radius 3 is 2.67 bits per heavy atom. The van der Waals surface area contributed by atoms with Crippen molar-refractivity contribution in [2.24, 2.45) is 5.92 Å². The number of carbonyl (C=O) groups is 1. The molecule has 1 amide bonds. The molecule has 2 heteroatoms. The molecule has 1 rings (SSSR count). The van der Waals surface area contributed by atoms with E-state index in [-0.39, 0.29) is 11.8 Å². The number of nitrogens with one attached hydrogen (secondary N) is 1. The van der Waals surface area contributed by atoms with E-state index in [1.165, 1.54) is 11.1 Å². The van der Waals surface area contributed by atoms with Crippen LogP contribution < -0.4 is 5.32 Å². The molecule has 1 N–H and O–H groups in total. The van der Waals surface area contributed by atoms with Crippen LogP contribution in [0.3, 0.4) is 0 Å². The standard InChI is InChI=1S/C13H21NO/c1-10(2)13(15)14-9-8-12-7-5-4-6-11(12)3/h6-7,10H,4-5,8-9H2,1-3H3,(H,14,15). The van der Waals surface area contributed by atoms with E-state index in [4.69, 9.17) is 0 Å². The van der Waals surface area contributed by atoms with Gasteiger partial charge in [-0.25, -0.2) is 0 Å². The van der Waals surface area contributed by atoms with Gasteiger partial charge >= 0.3 is 0 Å². The molecule has 2 nitrogen and oxygen atoms in total. The molecule has 0 aromatic heterocycles. The lowest BCUT2D eigenvalue weighted by molar-refractivity contribution is -0.123. The predicted molar refractivity (Wildman–Crippen MR) is 63.5 cm³/mol. The Morgan fingerprint density at radius 2 is 2.07 bits per heavy atom. The van der Waals surface area contributed by atoms with Crippen LogP contribution in [0.4, 0.5) is 0 Å². The quantitative estimate of drug-likeness (QED) is 0.754. The van der Waals surface area contributed by atoms with Crippen LogP contribution in [-0.2, 0) is 4.79 Å². The van der Waals surface area contributed by atoms with E-state index in [1.807, 2.05) is 13.8 Å². The Balaban J connectivity index is 2.29. The first-order valence-corrected chi connectivity index (χ1v) is 5.75. The fourth-order valence-corrected chi connectivity index (χ4v) is 1.67. The molecule has 0 bridgehead atoms. The number of hydrogen-bond donors (Lipinski definition) is 1. The highest BCUT2D eigenvalue weighted by atomic mass is 16.1. The largest absolute Gasteiger partial charge is 0.356 e. The maximum atomic E-state index is 11.3. The molecule has 0 atom stereocenters. The predicted octanol–water partition coefficient (Wildman–Crippen LogP) is 2.82. The highest BCUT2D eigenvalue weighted by Gasteiger charge is 2.07. The first-order valence-electron chi connectivity index (χ1n) is 5.75. The Hall–Kier alpha value is -1.05. The second kappa shape index (κ2) is 5.74. The van der Waals surface area contributed by atoms with Crippen molar-refractivity contribution < 1.29 is 4.79 Å². The third kappa shape index (κ3) is 3.90. The van der Waals surface area contributed by atoms with E-state index in [0.29, 0.717) is 0 Å². The van der Waals surface area contributed by atoms with Crippen molar-refractivity contribution in [3.05, 3.63) is 23.3 Å². The van der Waals surface area contributed by atoms with Crippen molar-refractivity contribution in [1.29, 1.82) is 0 Å². The van der Waals surface area contributed by atoms with Crippen molar-refractivity contribution in [2.75, 3.05) is 6.54 Å². The van der Waals surface area contributed by atoms with E-state index in [2.05, 4.69) is 24.4 Å². The minimum Gasteiger partial charge on any atom is -0.356 e. The lowest BCUT2D eigenvalue weighted by Crippen LogP contribution is -2.28. The molecule has 0 fully saturated rings. The summed E-state index contributed by atoms with van der Waals surface area (Å²) in [6, 6.07) is 0. The molecule has 0 heterocycles. The van der Waals surface area contributed by atoms with Crippen LogP contribution in [0.25, 0.3) is 0 Å². The zero-order chi connectivity index (χ0) is 11.3. The summed E-state index contributed by atoms with van der Waals surface area (Å²) < 4.78 is 0. The maximum absolute atomic E-state index is 11.3. The summed E-state index contributed by atoms with van der Waals surface area (Å²) in [5, 5.41) is 2.94. The van der Waals surface area contributed by atoms with Crippen molar-refractivity contribution in [3.8, 4) is 0 Å². The second-order valence-electron chi connectivity index (χ2n) is 4.39. The van der Waals surface area contributed by atoms with Crippen LogP contribution in [-0.4, -0.2) is 12.5 Å². The Kier molecular flexibility index (Phi) is 4.60. The molecular formula is C13H21NO. The molecule has 84 valence electrons. The van der Waals surface area contributed by atoms with E-state index in [0.717, 1.165) is 25.8 Å². The Bertz CT molecular complexity index is 287. The van der Waals surface area contributed by atoms with Crippen molar-refractivity contribution in [1.82, 2.24) is 5.32 Å². The lowest BCUT2D eigenvalue weighted by atomic mass is 9.96. The summed E-state index contributed by atoms with van der Waals surface area (Å²) in [6.45, 7) is 6.74. The van der Waals surface area contributed by atoms with Crippen molar-refractivity contribution >= 4 is 5.91 Å². The third-order valence-electron chi connectivity index (χ3n) is 2.73. The van der Waals surface area contributed by atoms with Crippen molar-refractivity contribution in [3.63, 3.8) is 0 Å². The minimum absolute atomic E-state index is 0.0852. The fraction of sp³-hybridized carbons (Fsp3) is 0.615. The van der Waals surface area contributed by atoms with Gasteiger partial charge in [0.2, 0.25) is 5.91 Å². The van der Waals surface area contributed by atoms with Crippen LogP contribution in [0, 0.1) is 5.92 Å². The van der Waals surface area contributed by atoms with Crippen LogP contribution in [0.15, 0.2) is 23.3 Å². The van der Waals surface area contributed by atoms with Gasteiger partial charge in [-0.1, -0.05) is 31.6 Å². The lowest BCUT2D eigenvalue weighted by Gasteiger charge is -2.13. The number of carbonyl (C=O) groups excluding carboxylic acids is 1. The molecule has 0 aromatic carbocycles. The van der Waals surface area contributed by atoms with Gasteiger partial charge in [-0.15, -0.1) is 0 Å². The third-order valence-corrected chi connectivity index (χ3v) is 2.73. The van der Waals surface area contributed by atoms with Gasteiger partial charge in [-0.05, 0) is 31.8 Å². The van der Waals surface area contributed by atoms with E-state index in [9.17, 15) is 4.79 Å². The van der Waals surface area contributed by atoms with Gasteiger partial charge in [0, 0.05) is 12.5 Å². The monoisotopic (exact) mass is 207 g/mol. The molecule has 0 unspecified atom stereocenters. The van der Waals surface area contributed by atoms with Crippen LogP contribution in [0.1, 0.15) is 40.0 Å². The van der Waals surface area contributed by atoms with Crippen molar-refractivity contribution in [2.45, 2.75) is 40.0 Å². The van der Waals surface area contributed by atoms with Crippen LogP contribution in [0.2, 0.25) is 0 Å². The SMILES string of the molecule is CC1=CCCC=C1CCNC(=O)C(C)C. The van der Waals surface area contributed by atoms with Gasteiger partial charge < -0.3 is 5.32 Å². The molecule has 0 saturated carbocycles. The van der Waals surface area contributed by atoms with E-state index in [1.54, 1.807) is 0 Å². The summed E-state index contributed by atoms with van der Waals surface area (Å²) in [6.07, 6.45) is 7.83. The Labute approximate surface area is 92.4 Å². The summed E-state index contributed by atoms with van der Waals surface area (Å²) in [4.78, 5) is 11.3. The second-order valence-corrected chi connectivity index (χ2v) is 4.39. The first-order chi connectivity index (χ1) is 7.11. The topological polar surface area (TPSA) is 29.1 Å². The average Bonchev–Trinajstić information content (AvgIpc) is 2.20. The molecule has 0 radical (unpaired) electrons. The number of hydrogen-bond acceptors (Lipinski definition) is 1. The molecule has 0 spiro atoms. The molecule has 15 heavy (non-hydrogen) atoms. The zero-order valence-corrected chi connectivity index (χ0v) is 9.97. The highest BCUT2D eigenvalue weighted by molar-refractivity contribution is 5.77. The molecule has 0 aliphatic heterocycles. The minimum atomic E-state index is 0.0852. The molecule has 1 aliphatic carbocycles. The van der Waals surface area contributed by atoms with Gasteiger partial charge in [-0.3, -0.25) is 4.79 Å². The first kappa shape index (κ1) is 12.0.